The molecule has 0 unspecified atom stereocenters. The molecule has 104 valence electrons. The zero-order valence-electron chi connectivity index (χ0n) is 11.7. The number of likely N-dealkylation sites (N-methyl/N-ethyl adjacent to an activating group) is 2. The van der Waals surface area contributed by atoms with Crippen LogP contribution in [0.3, 0.4) is 0 Å². The van der Waals surface area contributed by atoms with Gasteiger partial charge in [0.2, 0.25) is 5.91 Å². The molecule has 0 aliphatic rings. The van der Waals surface area contributed by atoms with E-state index in [4.69, 9.17) is 5.11 Å². The van der Waals surface area contributed by atoms with Gasteiger partial charge in [0.05, 0.1) is 12.1 Å². The molecule has 6 nitrogen and oxygen atoms in total. The second kappa shape index (κ2) is 6.17. The number of anilines is 1. The topological polar surface area (TPSA) is 73.7 Å². The van der Waals surface area contributed by atoms with Crippen molar-refractivity contribution >= 4 is 17.7 Å². The van der Waals surface area contributed by atoms with Gasteiger partial charge in [-0.2, -0.15) is 0 Å². The number of carboxylic acids is 1. The van der Waals surface area contributed by atoms with Crippen molar-refractivity contribution in [3.8, 4) is 0 Å². The van der Waals surface area contributed by atoms with Crippen LogP contribution in [0, 0.1) is 6.92 Å². The first-order chi connectivity index (χ1) is 8.86. The van der Waals surface area contributed by atoms with Crippen molar-refractivity contribution in [2.24, 2.45) is 0 Å². The molecule has 1 aromatic rings. The van der Waals surface area contributed by atoms with Gasteiger partial charge < -0.3 is 14.9 Å². The summed E-state index contributed by atoms with van der Waals surface area (Å²) in [6.45, 7) is 4.57. The molecule has 0 saturated heterocycles. The van der Waals surface area contributed by atoms with Gasteiger partial charge in [0.15, 0.2) is 0 Å². The molecule has 0 aromatic carbocycles. The molecule has 0 bridgehead atoms. The molecule has 0 fully saturated rings. The number of carbonyl (C=O) groups excluding carboxylic acids is 1. The van der Waals surface area contributed by atoms with Crippen LogP contribution in [-0.2, 0) is 4.79 Å². The Balaban J connectivity index is 2.99. The predicted octanol–water partition coefficient (Wildman–Crippen LogP) is 1.00. The number of aryl methyl sites for hydroxylation is 1. The molecular formula is C13H19N3O3. The summed E-state index contributed by atoms with van der Waals surface area (Å²) in [6, 6.07) is 1.56. The molecule has 0 spiro atoms. The molecule has 1 heterocycles. The van der Waals surface area contributed by atoms with Crippen LogP contribution < -0.4 is 4.90 Å². The third-order valence-electron chi connectivity index (χ3n) is 2.80. The summed E-state index contributed by atoms with van der Waals surface area (Å²) in [5.74, 6) is -0.386. The van der Waals surface area contributed by atoms with E-state index in [0.717, 1.165) is 5.56 Å². The minimum Gasteiger partial charge on any atom is -0.478 e. The Morgan fingerprint density at radius 1 is 1.37 bits per heavy atom. The normalized spacial score (nSPS) is 10.1. The predicted molar refractivity (Wildman–Crippen MR) is 72.5 cm³/mol. The van der Waals surface area contributed by atoms with Crippen molar-refractivity contribution in [2.75, 3.05) is 32.1 Å². The van der Waals surface area contributed by atoms with Crippen LogP contribution in [0.4, 0.5) is 5.82 Å². The van der Waals surface area contributed by atoms with E-state index < -0.39 is 5.97 Å². The van der Waals surface area contributed by atoms with Gasteiger partial charge in [-0.15, -0.1) is 0 Å². The first-order valence-corrected chi connectivity index (χ1v) is 6.01. The number of pyridine rings is 1. The van der Waals surface area contributed by atoms with Gasteiger partial charge in [-0.3, -0.25) is 4.79 Å². The highest BCUT2D eigenvalue weighted by atomic mass is 16.4. The molecule has 6 heteroatoms. The van der Waals surface area contributed by atoms with Crippen molar-refractivity contribution in [2.45, 2.75) is 13.8 Å². The average molecular weight is 265 g/mol. The molecule has 1 aromatic heterocycles. The van der Waals surface area contributed by atoms with E-state index in [-0.39, 0.29) is 18.0 Å². The maximum Gasteiger partial charge on any atom is 0.337 e. The molecule has 0 radical (unpaired) electrons. The fourth-order valence-electron chi connectivity index (χ4n) is 1.66. The van der Waals surface area contributed by atoms with E-state index in [0.29, 0.717) is 12.4 Å². The summed E-state index contributed by atoms with van der Waals surface area (Å²) < 4.78 is 0. The second-order valence-corrected chi connectivity index (χ2v) is 4.47. The van der Waals surface area contributed by atoms with Crippen LogP contribution in [-0.4, -0.2) is 54.1 Å². The Morgan fingerprint density at radius 3 is 2.42 bits per heavy atom. The summed E-state index contributed by atoms with van der Waals surface area (Å²) in [6.07, 6.45) is 1.31. The van der Waals surface area contributed by atoms with Crippen LogP contribution in [0.2, 0.25) is 0 Å². The van der Waals surface area contributed by atoms with Gasteiger partial charge in [-0.05, 0) is 25.5 Å². The van der Waals surface area contributed by atoms with Crippen LogP contribution in [0.1, 0.15) is 22.8 Å². The lowest BCUT2D eigenvalue weighted by molar-refractivity contribution is -0.127. The van der Waals surface area contributed by atoms with Crippen molar-refractivity contribution in [3.63, 3.8) is 0 Å². The molecule has 19 heavy (non-hydrogen) atoms. The Bertz CT molecular complexity index is 486. The van der Waals surface area contributed by atoms with Crippen molar-refractivity contribution in [3.05, 3.63) is 23.4 Å². The molecule has 1 amide bonds. The molecule has 1 rings (SSSR count). The zero-order chi connectivity index (χ0) is 14.6. The highest BCUT2D eigenvalue weighted by Gasteiger charge is 2.16. The number of aromatic nitrogens is 1. The van der Waals surface area contributed by atoms with E-state index in [9.17, 15) is 9.59 Å². The van der Waals surface area contributed by atoms with E-state index in [1.54, 1.807) is 27.1 Å². The number of aromatic carboxylic acids is 1. The quantitative estimate of drug-likeness (QED) is 0.859. The number of rotatable bonds is 5. The summed E-state index contributed by atoms with van der Waals surface area (Å²) in [5, 5.41) is 8.90. The number of amides is 1. The largest absolute Gasteiger partial charge is 0.478 e. The maximum absolute atomic E-state index is 11.7. The van der Waals surface area contributed by atoms with Gasteiger partial charge in [0.25, 0.3) is 0 Å². The highest BCUT2D eigenvalue weighted by Crippen LogP contribution is 2.17. The van der Waals surface area contributed by atoms with Gasteiger partial charge in [0, 0.05) is 26.8 Å². The van der Waals surface area contributed by atoms with Crippen LogP contribution >= 0.6 is 0 Å². The van der Waals surface area contributed by atoms with Crippen LogP contribution in [0.25, 0.3) is 0 Å². The van der Waals surface area contributed by atoms with Gasteiger partial charge >= 0.3 is 5.97 Å². The van der Waals surface area contributed by atoms with E-state index in [1.165, 1.54) is 11.1 Å². The molecule has 0 atom stereocenters. The van der Waals surface area contributed by atoms with Crippen molar-refractivity contribution < 1.29 is 14.7 Å². The third kappa shape index (κ3) is 3.67. The number of hydrogen-bond acceptors (Lipinski definition) is 4. The fourth-order valence-corrected chi connectivity index (χ4v) is 1.66. The lowest BCUT2D eigenvalue weighted by Crippen LogP contribution is -2.37. The highest BCUT2D eigenvalue weighted by molar-refractivity contribution is 5.88. The standard InChI is InChI=1S/C13H19N3O3/c1-5-16(8-11(17)15(3)4)12-9(2)6-10(7-14-12)13(18)19/h6-7H,5,8H2,1-4H3,(H,18,19). The van der Waals surface area contributed by atoms with E-state index >= 15 is 0 Å². The molecule has 0 aliphatic carbocycles. The monoisotopic (exact) mass is 265 g/mol. The lowest BCUT2D eigenvalue weighted by atomic mass is 10.2. The minimum atomic E-state index is -1.01. The molecule has 1 N–H and O–H groups in total. The van der Waals surface area contributed by atoms with Gasteiger partial charge in [-0.25, -0.2) is 9.78 Å². The third-order valence-corrected chi connectivity index (χ3v) is 2.80. The smallest absolute Gasteiger partial charge is 0.337 e. The Hall–Kier alpha value is -2.11. The van der Waals surface area contributed by atoms with Gasteiger partial charge in [-0.1, -0.05) is 0 Å². The zero-order valence-corrected chi connectivity index (χ0v) is 11.7. The van der Waals surface area contributed by atoms with Crippen LogP contribution in [0.5, 0.6) is 0 Å². The second-order valence-electron chi connectivity index (χ2n) is 4.47. The summed E-state index contributed by atoms with van der Waals surface area (Å²) in [5.41, 5.74) is 0.893. The molecule has 0 saturated carbocycles. The van der Waals surface area contributed by atoms with E-state index in [1.807, 2.05) is 11.8 Å². The Kier molecular flexibility index (Phi) is 4.86. The maximum atomic E-state index is 11.7. The molecular weight excluding hydrogens is 246 g/mol. The summed E-state index contributed by atoms with van der Waals surface area (Å²) >= 11 is 0. The van der Waals surface area contributed by atoms with E-state index in [2.05, 4.69) is 4.98 Å². The average Bonchev–Trinajstić information content (AvgIpc) is 2.35. The van der Waals surface area contributed by atoms with Gasteiger partial charge in [0.1, 0.15) is 5.82 Å². The van der Waals surface area contributed by atoms with Crippen LogP contribution in [0.15, 0.2) is 12.3 Å². The first kappa shape index (κ1) is 14.9. The Labute approximate surface area is 112 Å². The van der Waals surface area contributed by atoms with Crippen molar-refractivity contribution in [1.82, 2.24) is 9.88 Å². The molecule has 0 aliphatic heterocycles. The number of carbonyl (C=O) groups is 2. The summed E-state index contributed by atoms with van der Waals surface area (Å²) in [4.78, 5) is 30.1. The van der Waals surface area contributed by atoms with Crippen molar-refractivity contribution in [1.29, 1.82) is 0 Å². The lowest BCUT2D eigenvalue weighted by Gasteiger charge is -2.24. The first-order valence-electron chi connectivity index (χ1n) is 6.01. The number of carboxylic acid groups (broad SMARTS) is 1. The minimum absolute atomic E-state index is 0.0228. The fraction of sp³-hybridized carbons (Fsp3) is 0.462. The SMILES string of the molecule is CCN(CC(=O)N(C)C)c1ncc(C(=O)O)cc1C. The number of hydrogen-bond donors (Lipinski definition) is 1. The Morgan fingerprint density at radius 2 is 2.00 bits per heavy atom. The number of nitrogens with zero attached hydrogens (tertiary/aromatic N) is 3. The summed E-state index contributed by atoms with van der Waals surface area (Å²) in [7, 11) is 3.40.